The van der Waals surface area contributed by atoms with E-state index in [9.17, 15) is 4.79 Å². The summed E-state index contributed by atoms with van der Waals surface area (Å²) in [4.78, 5) is 15.4. The monoisotopic (exact) mass is 172 g/mol. The number of rotatable bonds is 1. The summed E-state index contributed by atoms with van der Waals surface area (Å²) in [6.07, 6.45) is 0. The van der Waals surface area contributed by atoms with Crippen molar-refractivity contribution in [2.24, 2.45) is 0 Å². The Morgan fingerprint density at radius 2 is 2.08 bits per heavy atom. The van der Waals surface area contributed by atoms with Crippen molar-refractivity contribution in [3.63, 3.8) is 0 Å². The van der Waals surface area contributed by atoms with Gasteiger partial charge in [0, 0.05) is 19.6 Å². The summed E-state index contributed by atoms with van der Waals surface area (Å²) in [5.74, 6) is -0.135. The third-order valence-electron chi connectivity index (χ3n) is 2.32. The second-order valence-corrected chi connectivity index (χ2v) is 3.28. The molecule has 1 aliphatic rings. The van der Waals surface area contributed by atoms with Crippen molar-refractivity contribution in [3.8, 4) is 0 Å². The maximum atomic E-state index is 11.2. The van der Waals surface area contributed by atoms with Crippen molar-refractivity contribution in [2.45, 2.75) is 6.04 Å². The van der Waals surface area contributed by atoms with Gasteiger partial charge in [0.15, 0.2) is 0 Å². The SMILES string of the molecule is COC(=O)[C@@H]1CN(C)CCN1C. The molecule has 1 heterocycles. The van der Waals surface area contributed by atoms with Gasteiger partial charge >= 0.3 is 5.97 Å². The van der Waals surface area contributed by atoms with Gasteiger partial charge in [-0.05, 0) is 14.1 Å². The number of hydrogen-bond donors (Lipinski definition) is 0. The van der Waals surface area contributed by atoms with Gasteiger partial charge in [0.1, 0.15) is 6.04 Å². The average Bonchev–Trinajstić information content (AvgIpc) is 2.08. The van der Waals surface area contributed by atoms with Gasteiger partial charge in [-0.2, -0.15) is 0 Å². The van der Waals surface area contributed by atoms with E-state index in [2.05, 4.69) is 4.90 Å². The van der Waals surface area contributed by atoms with E-state index in [0.29, 0.717) is 0 Å². The Labute approximate surface area is 73.1 Å². The molecule has 1 aliphatic heterocycles. The fourth-order valence-corrected chi connectivity index (χ4v) is 1.40. The Hall–Kier alpha value is -0.610. The topological polar surface area (TPSA) is 32.8 Å². The van der Waals surface area contributed by atoms with Crippen LogP contribution in [-0.2, 0) is 9.53 Å². The predicted octanol–water partition coefficient (Wildman–Crippen LogP) is -0.595. The average molecular weight is 172 g/mol. The zero-order valence-electron chi connectivity index (χ0n) is 7.91. The van der Waals surface area contributed by atoms with Crippen molar-refractivity contribution in [1.82, 2.24) is 9.80 Å². The highest BCUT2D eigenvalue weighted by atomic mass is 16.5. The van der Waals surface area contributed by atoms with Gasteiger partial charge in [0.2, 0.25) is 0 Å². The number of esters is 1. The van der Waals surface area contributed by atoms with Gasteiger partial charge in [-0.25, -0.2) is 0 Å². The van der Waals surface area contributed by atoms with Crippen LogP contribution < -0.4 is 0 Å². The molecular weight excluding hydrogens is 156 g/mol. The van der Waals surface area contributed by atoms with E-state index in [1.54, 1.807) is 0 Å². The summed E-state index contributed by atoms with van der Waals surface area (Å²) < 4.78 is 4.70. The summed E-state index contributed by atoms with van der Waals surface area (Å²) >= 11 is 0. The van der Waals surface area contributed by atoms with Crippen molar-refractivity contribution in [2.75, 3.05) is 40.8 Å². The number of carbonyl (C=O) groups excluding carboxylic acids is 1. The molecule has 70 valence electrons. The molecule has 0 bridgehead atoms. The van der Waals surface area contributed by atoms with Crippen LogP contribution in [0.3, 0.4) is 0 Å². The maximum Gasteiger partial charge on any atom is 0.324 e. The molecule has 4 nitrogen and oxygen atoms in total. The van der Waals surface area contributed by atoms with Gasteiger partial charge in [0.05, 0.1) is 7.11 Å². The zero-order valence-corrected chi connectivity index (χ0v) is 7.91. The molecule has 1 fully saturated rings. The Bertz CT molecular complexity index is 172. The number of carbonyl (C=O) groups is 1. The summed E-state index contributed by atoms with van der Waals surface area (Å²) in [5.41, 5.74) is 0. The number of nitrogens with zero attached hydrogens (tertiary/aromatic N) is 2. The van der Waals surface area contributed by atoms with Crippen molar-refractivity contribution in [3.05, 3.63) is 0 Å². The highest BCUT2D eigenvalue weighted by Gasteiger charge is 2.28. The van der Waals surface area contributed by atoms with Crippen LogP contribution in [0.4, 0.5) is 0 Å². The molecule has 0 spiro atoms. The Morgan fingerprint density at radius 3 is 2.67 bits per heavy atom. The molecule has 1 rings (SSSR count). The first-order chi connectivity index (χ1) is 5.65. The normalized spacial score (nSPS) is 27.1. The lowest BCUT2D eigenvalue weighted by atomic mass is 10.2. The molecule has 0 amide bonds. The van der Waals surface area contributed by atoms with Gasteiger partial charge < -0.3 is 9.64 Å². The van der Waals surface area contributed by atoms with Gasteiger partial charge in [-0.1, -0.05) is 0 Å². The first-order valence-corrected chi connectivity index (χ1v) is 4.11. The van der Waals surface area contributed by atoms with E-state index in [1.807, 2.05) is 19.0 Å². The highest BCUT2D eigenvalue weighted by Crippen LogP contribution is 2.06. The second-order valence-electron chi connectivity index (χ2n) is 3.28. The predicted molar refractivity (Wildman–Crippen MR) is 45.9 cm³/mol. The van der Waals surface area contributed by atoms with Crippen LogP contribution in [0.5, 0.6) is 0 Å². The molecule has 1 saturated heterocycles. The molecule has 0 saturated carbocycles. The van der Waals surface area contributed by atoms with Gasteiger partial charge in [0.25, 0.3) is 0 Å². The molecule has 0 unspecified atom stereocenters. The number of hydrogen-bond acceptors (Lipinski definition) is 4. The number of likely N-dealkylation sites (N-methyl/N-ethyl adjacent to an activating group) is 2. The lowest BCUT2D eigenvalue weighted by Crippen LogP contribution is -2.53. The summed E-state index contributed by atoms with van der Waals surface area (Å²) in [6.45, 7) is 2.71. The van der Waals surface area contributed by atoms with Gasteiger partial charge in [-0.3, -0.25) is 9.69 Å². The molecule has 0 radical (unpaired) electrons. The first kappa shape index (κ1) is 9.48. The van der Waals surface area contributed by atoms with Crippen LogP contribution in [-0.4, -0.2) is 62.7 Å². The number of ether oxygens (including phenoxy) is 1. The maximum absolute atomic E-state index is 11.2. The van der Waals surface area contributed by atoms with E-state index >= 15 is 0 Å². The Morgan fingerprint density at radius 1 is 1.42 bits per heavy atom. The summed E-state index contributed by atoms with van der Waals surface area (Å²) in [6, 6.07) is -0.0891. The van der Waals surface area contributed by atoms with Crippen molar-refractivity contribution in [1.29, 1.82) is 0 Å². The van der Waals surface area contributed by atoms with Crippen LogP contribution in [0.15, 0.2) is 0 Å². The lowest BCUT2D eigenvalue weighted by Gasteiger charge is -2.35. The fraction of sp³-hybridized carbons (Fsp3) is 0.875. The Balaban J connectivity index is 2.54. The smallest absolute Gasteiger partial charge is 0.324 e. The molecule has 0 aliphatic carbocycles. The minimum atomic E-state index is -0.135. The summed E-state index contributed by atoms with van der Waals surface area (Å²) in [7, 11) is 5.41. The fourth-order valence-electron chi connectivity index (χ4n) is 1.40. The van der Waals surface area contributed by atoms with Crippen LogP contribution in [0.1, 0.15) is 0 Å². The van der Waals surface area contributed by atoms with E-state index in [1.165, 1.54) is 7.11 Å². The van der Waals surface area contributed by atoms with Crippen LogP contribution in [0.25, 0.3) is 0 Å². The number of methoxy groups -OCH3 is 1. The highest BCUT2D eigenvalue weighted by molar-refractivity contribution is 5.76. The molecule has 1 atom stereocenters. The first-order valence-electron chi connectivity index (χ1n) is 4.11. The van der Waals surface area contributed by atoms with Gasteiger partial charge in [-0.15, -0.1) is 0 Å². The minimum absolute atomic E-state index is 0.0891. The third kappa shape index (κ3) is 1.95. The van der Waals surface area contributed by atoms with Crippen LogP contribution in [0, 0.1) is 0 Å². The largest absolute Gasteiger partial charge is 0.468 e. The zero-order chi connectivity index (χ0) is 9.14. The van der Waals surface area contributed by atoms with E-state index in [-0.39, 0.29) is 12.0 Å². The molecule has 0 aromatic rings. The third-order valence-corrected chi connectivity index (χ3v) is 2.32. The van der Waals surface area contributed by atoms with Crippen molar-refractivity contribution < 1.29 is 9.53 Å². The van der Waals surface area contributed by atoms with Crippen LogP contribution >= 0.6 is 0 Å². The molecular formula is C8H16N2O2. The number of piperazine rings is 1. The minimum Gasteiger partial charge on any atom is -0.468 e. The molecule has 0 N–H and O–H groups in total. The standard InChI is InChI=1S/C8H16N2O2/c1-9-4-5-10(2)7(6-9)8(11)12-3/h7H,4-6H2,1-3H3/t7-/m0/s1. The molecule has 0 aromatic heterocycles. The second kappa shape index (κ2) is 3.87. The Kier molecular flexibility index (Phi) is 3.05. The molecule has 0 aromatic carbocycles. The van der Waals surface area contributed by atoms with Crippen molar-refractivity contribution >= 4 is 5.97 Å². The molecule has 12 heavy (non-hydrogen) atoms. The van der Waals surface area contributed by atoms with Crippen LogP contribution in [0.2, 0.25) is 0 Å². The quantitative estimate of drug-likeness (QED) is 0.495. The van der Waals surface area contributed by atoms with E-state index < -0.39 is 0 Å². The lowest BCUT2D eigenvalue weighted by molar-refractivity contribution is -0.148. The molecule has 4 heteroatoms. The van der Waals surface area contributed by atoms with E-state index in [4.69, 9.17) is 4.74 Å². The summed E-state index contributed by atoms with van der Waals surface area (Å²) in [5, 5.41) is 0. The van der Waals surface area contributed by atoms with E-state index in [0.717, 1.165) is 19.6 Å².